The van der Waals surface area contributed by atoms with Crippen LogP contribution in [0.2, 0.25) is 0 Å². The van der Waals surface area contributed by atoms with Crippen molar-refractivity contribution in [3.05, 3.63) is 78.9 Å². The van der Waals surface area contributed by atoms with E-state index in [1.807, 2.05) is 0 Å². The van der Waals surface area contributed by atoms with Gasteiger partial charge in [0.05, 0.1) is 27.4 Å². The summed E-state index contributed by atoms with van der Waals surface area (Å²) >= 11 is 6.20. The van der Waals surface area contributed by atoms with E-state index < -0.39 is 46.5 Å². The van der Waals surface area contributed by atoms with Crippen LogP contribution in [0.1, 0.15) is 44.7 Å². The molecule has 0 fully saturated rings. The number of hydrogen-bond donors (Lipinski definition) is 1. The van der Waals surface area contributed by atoms with E-state index in [1.165, 1.54) is 24.3 Å². The quantitative estimate of drug-likeness (QED) is 0.0818. The van der Waals surface area contributed by atoms with E-state index >= 15 is 0 Å². The average molecular weight is 601 g/mol. The van der Waals surface area contributed by atoms with Gasteiger partial charge in [-0.1, -0.05) is 44.0 Å². The Kier molecular flexibility index (Phi) is 9.50. The van der Waals surface area contributed by atoms with Crippen molar-refractivity contribution in [1.82, 2.24) is 0 Å². The molecule has 2 rings (SSSR count). The second-order valence-corrected chi connectivity index (χ2v) is 7.66. The predicted octanol–water partition coefficient (Wildman–Crippen LogP) is 4.59. The van der Waals surface area contributed by atoms with Crippen molar-refractivity contribution < 1.29 is 33.7 Å². The van der Waals surface area contributed by atoms with Crippen LogP contribution in [0.5, 0.6) is 0 Å². The van der Waals surface area contributed by atoms with Gasteiger partial charge in [-0.05, 0) is 12.1 Å². The molecule has 0 spiro atoms. The Hall–Kier alpha value is -3.52. The van der Waals surface area contributed by atoms with Crippen molar-refractivity contribution in [2.45, 2.75) is 23.5 Å². The molecule has 0 aliphatic carbocycles. The summed E-state index contributed by atoms with van der Waals surface area (Å²) in [5.41, 5.74) is -0.320. The third-order valence-corrected chi connectivity index (χ3v) is 5.51. The van der Waals surface area contributed by atoms with Gasteiger partial charge in [0, 0.05) is 40.3 Å². The van der Waals surface area contributed by atoms with Crippen molar-refractivity contribution >= 4 is 67.0 Å². The molecule has 14 heteroatoms. The van der Waals surface area contributed by atoms with Crippen LogP contribution in [-0.4, -0.2) is 33.7 Å². The number of hydrogen-bond acceptors (Lipinski definition) is 10. The minimum Gasteiger partial charge on any atom is -0.409 e. The fourth-order valence-electron chi connectivity index (χ4n) is 2.60. The van der Waals surface area contributed by atoms with E-state index in [-0.39, 0.29) is 33.2 Å². The lowest BCUT2D eigenvalue weighted by molar-refractivity contribution is -0.385. The van der Waals surface area contributed by atoms with Gasteiger partial charge >= 0.3 is 17.9 Å². The minimum absolute atomic E-state index is 0.160. The van der Waals surface area contributed by atoms with Crippen molar-refractivity contribution in [2.24, 2.45) is 0 Å². The third kappa shape index (κ3) is 6.99. The van der Waals surface area contributed by atoms with E-state index in [4.69, 9.17) is 10.1 Å². The summed E-state index contributed by atoms with van der Waals surface area (Å²) in [6.07, 6.45) is -0.899. The molecule has 1 N–H and O–H groups in total. The number of nitrogens with zero attached hydrogens (tertiary/aromatic N) is 2. The van der Waals surface area contributed by atoms with Crippen LogP contribution >= 0.6 is 31.9 Å². The fourth-order valence-corrected chi connectivity index (χ4v) is 3.55. The van der Waals surface area contributed by atoms with Gasteiger partial charge in [0.15, 0.2) is 5.90 Å². The van der Waals surface area contributed by atoms with Crippen molar-refractivity contribution in [3.8, 4) is 0 Å². The Morgan fingerprint density at radius 2 is 1.24 bits per heavy atom. The highest BCUT2D eigenvalue weighted by Gasteiger charge is 2.21. The first kappa shape index (κ1) is 26.7. The summed E-state index contributed by atoms with van der Waals surface area (Å²) in [5, 5.41) is 30.3. The predicted molar refractivity (Wildman–Crippen MR) is 124 cm³/mol. The summed E-state index contributed by atoms with van der Waals surface area (Å²) in [6, 6.07) is 7.27. The molecule has 0 atom stereocenters. The Labute approximate surface area is 208 Å². The molecule has 12 nitrogen and oxygen atoms in total. The highest BCUT2D eigenvalue weighted by Crippen LogP contribution is 2.24. The molecule has 34 heavy (non-hydrogen) atoms. The Morgan fingerprint density at radius 3 is 1.65 bits per heavy atom. The summed E-state index contributed by atoms with van der Waals surface area (Å²) in [5.74, 6) is -3.82. The lowest BCUT2D eigenvalue weighted by atomic mass is 10.1. The van der Waals surface area contributed by atoms with E-state index in [2.05, 4.69) is 36.6 Å². The van der Waals surface area contributed by atoms with Gasteiger partial charge in [0.2, 0.25) is 0 Å². The number of nitro groups is 2. The van der Waals surface area contributed by atoms with Gasteiger partial charge < -0.3 is 9.47 Å². The standard InChI is InChI=1S/C20H15Br2N3O9/c21-9-13-3-1-11(7-15(13)24(29)30)19(27)33-17(23)5-6-18(26)34-20(28)12-2-4-14(10-22)16(8-12)25(31)32/h1-4,7-8,23H,5-6,9-10H2. The Bertz CT molecular complexity index is 1090. The normalized spacial score (nSPS) is 10.3. The zero-order chi connectivity index (χ0) is 25.4. The van der Waals surface area contributed by atoms with E-state index in [0.717, 1.165) is 12.1 Å². The number of ether oxygens (including phenoxy) is 2. The maximum absolute atomic E-state index is 12.2. The number of carbonyl (C=O) groups is 3. The first-order valence-corrected chi connectivity index (χ1v) is 11.5. The van der Waals surface area contributed by atoms with Gasteiger partial charge in [0.25, 0.3) is 11.4 Å². The summed E-state index contributed by atoms with van der Waals surface area (Å²) < 4.78 is 9.41. The molecule has 0 aliphatic heterocycles. The molecular formula is C20H15Br2N3O9. The highest BCUT2D eigenvalue weighted by molar-refractivity contribution is 9.08. The molecule has 0 bridgehead atoms. The van der Waals surface area contributed by atoms with E-state index in [9.17, 15) is 34.6 Å². The molecule has 178 valence electrons. The Morgan fingerprint density at radius 1 is 0.794 bits per heavy atom. The molecule has 0 unspecified atom stereocenters. The molecular weight excluding hydrogens is 586 g/mol. The Balaban J connectivity index is 1.93. The lowest BCUT2D eigenvalue weighted by Crippen LogP contribution is -2.17. The minimum atomic E-state index is -1.11. The van der Waals surface area contributed by atoms with Gasteiger partial charge in [-0.2, -0.15) is 0 Å². The maximum atomic E-state index is 12.2. The molecule has 0 aliphatic rings. The SMILES string of the molecule is N=C(CCC(=O)OC(=O)c1ccc(CBr)c([N+](=O)[O-])c1)OC(=O)c1ccc(CBr)c([N+](=O)[O-])c1. The van der Waals surface area contributed by atoms with Crippen LogP contribution in [-0.2, 0) is 24.9 Å². The van der Waals surface area contributed by atoms with Gasteiger partial charge in [0.1, 0.15) is 0 Å². The molecule has 0 amide bonds. The van der Waals surface area contributed by atoms with Gasteiger partial charge in [-0.3, -0.25) is 30.4 Å². The van der Waals surface area contributed by atoms with Gasteiger partial charge in [-0.25, -0.2) is 9.59 Å². The zero-order valence-corrected chi connectivity index (χ0v) is 20.3. The molecule has 0 aromatic heterocycles. The number of nitrogens with one attached hydrogen (secondary N) is 1. The van der Waals surface area contributed by atoms with Crippen molar-refractivity contribution in [3.63, 3.8) is 0 Å². The molecule has 2 aromatic carbocycles. The number of rotatable bonds is 9. The molecule has 2 aromatic rings. The van der Waals surface area contributed by atoms with E-state index in [1.54, 1.807) is 0 Å². The second kappa shape index (κ2) is 12.1. The fraction of sp³-hybridized carbons (Fsp3) is 0.200. The monoisotopic (exact) mass is 599 g/mol. The second-order valence-electron chi connectivity index (χ2n) is 6.54. The van der Waals surface area contributed by atoms with Crippen LogP contribution in [0.25, 0.3) is 0 Å². The van der Waals surface area contributed by atoms with Crippen LogP contribution in [0.3, 0.4) is 0 Å². The van der Waals surface area contributed by atoms with E-state index in [0.29, 0.717) is 11.1 Å². The molecule has 0 heterocycles. The first-order chi connectivity index (χ1) is 16.1. The molecule has 0 saturated heterocycles. The third-order valence-electron chi connectivity index (χ3n) is 4.30. The van der Waals surface area contributed by atoms with Crippen LogP contribution in [0.4, 0.5) is 11.4 Å². The number of benzene rings is 2. The average Bonchev–Trinajstić information content (AvgIpc) is 2.81. The number of carbonyl (C=O) groups excluding carboxylic acids is 3. The molecule has 0 saturated carbocycles. The topological polar surface area (TPSA) is 180 Å². The summed E-state index contributed by atoms with van der Waals surface area (Å²) in [6.45, 7) is 0. The first-order valence-electron chi connectivity index (χ1n) is 9.28. The van der Waals surface area contributed by atoms with Crippen molar-refractivity contribution in [2.75, 3.05) is 0 Å². The maximum Gasteiger partial charge on any atom is 0.346 e. The highest BCUT2D eigenvalue weighted by atomic mass is 79.9. The molecule has 0 radical (unpaired) electrons. The van der Waals surface area contributed by atoms with Crippen molar-refractivity contribution in [1.29, 1.82) is 5.41 Å². The lowest BCUT2D eigenvalue weighted by Gasteiger charge is -2.07. The number of esters is 3. The van der Waals surface area contributed by atoms with Gasteiger partial charge in [-0.15, -0.1) is 0 Å². The van der Waals surface area contributed by atoms with Crippen LogP contribution in [0, 0.1) is 25.6 Å². The zero-order valence-electron chi connectivity index (χ0n) is 17.1. The summed E-state index contributed by atoms with van der Waals surface area (Å²) in [7, 11) is 0. The van der Waals surface area contributed by atoms with Crippen LogP contribution < -0.4 is 0 Å². The number of halogens is 2. The largest absolute Gasteiger partial charge is 0.409 e. The summed E-state index contributed by atoms with van der Waals surface area (Å²) in [4.78, 5) is 57.0. The smallest absolute Gasteiger partial charge is 0.346 e. The number of alkyl halides is 2. The number of nitro benzene ring substituents is 2. The van der Waals surface area contributed by atoms with Crippen LogP contribution in [0.15, 0.2) is 36.4 Å².